The van der Waals surface area contributed by atoms with Crippen molar-refractivity contribution in [3.05, 3.63) is 42.0 Å². The van der Waals surface area contributed by atoms with Gasteiger partial charge in [0.15, 0.2) is 0 Å². The van der Waals surface area contributed by atoms with Gasteiger partial charge < -0.3 is 14.9 Å². The van der Waals surface area contributed by atoms with Crippen molar-refractivity contribution in [2.45, 2.75) is 49.4 Å². The largest absolute Gasteiger partial charge is 0.390 e. The predicted molar refractivity (Wildman–Crippen MR) is 86.8 cm³/mol. The number of aliphatic hydroxyl groups is 2. The van der Waals surface area contributed by atoms with Crippen molar-refractivity contribution in [3.63, 3.8) is 0 Å². The summed E-state index contributed by atoms with van der Waals surface area (Å²) in [6.45, 7) is 2.56. The molecule has 1 aliphatic heterocycles. The van der Waals surface area contributed by atoms with Gasteiger partial charge in [0.25, 0.3) is 0 Å². The summed E-state index contributed by atoms with van der Waals surface area (Å²) in [5.74, 6) is 0. The molecule has 5 heteroatoms. The summed E-state index contributed by atoms with van der Waals surface area (Å²) in [7, 11) is 0. The fourth-order valence-corrected chi connectivity index (χ4v) is 3.02. The predicted octanol–water partition coefficient (Wildman–Crippen LogP) is 2.46. The molecule has 120 valence electrons. The summed E-state index contributed by atoms with van der Waals surface area (Å²) < 4.78 is 5.39. The first-order valence-corrected chi connectivity index (χ1v) is 8.30. The smallest absolute Gasteiger partial charge is 0.216 e. The van der Waals surface area contributed by atoms with Gasteiger partial charge in [-0.15, -0.1) is 0 Å². The molecule has 0 aromatic heterocycles. The molecular weight excluding hydrogens is 300 g/mol. The number of rotatable bonds is 5. The Balaban J connectivity index is 1.78. The van der Waals surface area contributed by atoms with Crippen LogP contribution >= 0.6 is 11.8 Å². The van der Waals surface area contributed by atoms with E-state index < -0.39 is 18.3 Å². The maximum absolute atomic E-state index is 11.8. The molecular formula is C17H22O4S. The Morgan fingerprint density at radius 2 is 2.18 bits per heavy atom. The Hall–Kier alpha value is -1.14. The first kappa shape index (κ1) is 17.2. The van der Waals surface area contributed by atoms with E-state index in [9.17, 15) is 15.0 Å². The number of benzene rings is 1. The number of ether oxygens (including phenoxy) is 1. The molecule has 0 saturated carbocycles. The van der Waals surface area contributed by atoms with Crippen LogP contribution in [0.4, 0.5) is 0 Å². The second-order valence-electron chi connectivity index (χ2n) is 5.48. The molecule has 0 spiro atoms. The molecule has 3 atom stereocenters. The lowest BCUT2D eigenvalue weighted by Gasteiger charge is -2.31. The van der Waals surface area contributed by atoms with E-state index in [1.54, 1.807) is 6.08 Å². The zero-order valence-corrected chi connectivity index (χ0v) is 13.5. The van der Waals surface area contributed by atoms with Gasteiger partial charge in [-0.3, -0.25) is 4.79 Å². The van der Waals surface area contributed by atoms with Crippen LogP contribution in [0.1, 0.15) is 24.8 Å². The Bertz CT molecular complexity index is 512. The second kappa shape index (κ2) is 8.48. The molecule has 0 radical (unpaired) electrons. The summed E-state index contributed by atoms with van der Waals surface area (Å²) in [4.78, 5) is 12.7. The van der Waals surface area contributed by atoms with Crippen LogP contribution in [0.15, 0.2) is 41.3 Å². The molecule has 0 bridgehead atoms. The molecule has 0 unspecified atom stereocenters. The van der Waals surface area contributed by atoms with E-state index in [0.717, 1.165) is 28.6 Å². The molecule has 0 amide bonds. The Morgan fingerprint density at radius 1 is 1.45 bits per heavy atom. The summed E-state index contributed by atoms with van der Waals surface area (Å²) in [6.07, 6.45) is 2.88. The Labute approximate surface area is 135 Å². The van der Waals surface area contributed by atoms with Crippen LogP contribution in [-0.2, 0) is 9.53 Å². The highest BCUT2D eigenvalue weighted by molar-refractivity contribution is 8.14. The maximum Gasteiger partial charge on any atom is 0.216 e. The van der Waals surface area contributed by atoms with Crippen molar-refractivity contribution in [2.75, 3.05) is 6.61 Å². The van der Waals surface area contributed by atoms with Crippen molar-refractivity contribution in [2.24, 2.45) is 0 Å². The highest BCUT2D eigenvalue weighted by Gasteiger charge is 2.29. The third-order valence-corrected chi connectivity index (χ3v) is 4.43. The van der Waals surface area contributed by atoms with Crippen LogP contribution in [0.25, 0.3) is 0 Å². The van der Waals surface area contributed by atoms with Gasteiger partial charge >= 0.3 is 0 Å². The summed E-state index contributed by atoms with van der Waals surface area (Å²) >= 11 is 1.15. The minimum Gasteiger partial charge on any atom is -0.390 e. The van der Waals surface area contributed by atoms with Crippen molar-refractivity contribution in [1.29, 1.82) is 0 Å². The van der Waals surface area contributed by atoms with Crippen molar-refractivity contribution in [1.82, 2.24) is 0 Å². The molecule has 1 aromatic carbocycles. The van der Waals surface area contributed by atoms with Crippen LogP contribution in [0.3, 0.4) is 0 Å². The lowest BCUT2D eigenvalue weighted by Crippen LogP contribution is -2.42. The van der Waals surface area contributed by atoms with E-state index in [0.29, 0.717) is 19.4 Å². The van der Waals surface area contributed by atoms with Gasteiger partial charge in [0.1, 0.15) is 6.10 Å². The number of thioether (sulfide) groups is 1. The second-order valence-corrected chi connectivity index (χ2v) is 6.56. The zero-order chi connectivity index (χ0) is 15.9. The Kier molecular flexibility index (Phi) is 6.64. The van der Waals surface area contributed by atoms with Gasteiger partial charge in [0.2, 0.25) is 5.12 Å². The highest BCUT2D eigenvalue weighted by Crippen LogP contribution is 2.21. The topological polar surface area (TPSA) is 66.8 Å². The standard InChI is InChI=1S/C17H22O4S/c1-12-7-9-13(10-8-12)22-16(20)6-2-4-14(18)17-15(19)5-3-11-21-17/h2,6-10,14-15,17-19H,3-5,11H2,1H3/b6-2+/t14-,15+,17-/m1/s1. The average molecular weight is 322 g/mol. The molecule has 1 saturated heterocycles. The van der Waals surface area contributed by atoms with E-state index in [1.165, 1.54) is 6.08 Å². The first-order valence-electron chi connectivity index (χ1n) is 7.49. The minimum absolute atomic E-state index is 0.0823. The zero-order valence-electron chi connectivity index (χ0n) is 12.6. The van der Waals surface area contributed by atoms with E-state index in [4.69, 9.17) is 4.74 Å². The van der Waals surface area contributed by atoms with Crippen LogP contribution in [0.5, 0.6) is 0 Å². The van der Waals surface area contributed by atoms with Gasteiger partial charge in [-0.25, -0.2) is 0 Å². The van der Waals surface area contributed by atoms with Gasteiger partial charge in [-0.05, 0) is 56.2 Å². The van der Waals surface area contributed by atoms with E-state index in [1.807, 2.05) is 31.2 Å². The number of hydrogen-bond donors (Lipinski definition) is 2. The number of carbonyl (C=O) groups is 1. The van der Waals surface area contributed by atoms with Gasteiger partial charge in [0, 0.05) is 11.5 Å². The fraction of sp³-hybridized carbons (Fsp3) is 0.471. The van der Waals surface area contributed by atoms with Crippen LogP contribution < -0.4 is 0 Å². The molecule has 0 aliphatic carbocycles. The molecule has 4 nitrogen and oxygen atoms in total. The summed E-state index contributed by atoms with van der Waals surface area (Å²) in [5.41, 5.74) is 1.15. The third kappa shape index (κ3) is 5.25. The van der Waals surface area contributed by atoms with Crippen molar-refractivity contribution >= 4 is 16.9 Å². The lowest BCUT2D eigenvalue weighted by atomic mass is 9.99. The van der Waals surface area contributed by atoms with Gasteiger partial charge in [-0.1, -0.05) is 23.8 Å². The summed E-state index contributed by atoms with van der Waals surface area (Å²) in [6, 6.07) is 7.75. The van der Waals surface area contributed by atoms with Crippen LogP contribution in [-0.4, -0.2) is 40.2 Å². The lowest BCUT2D eigenvalue weighted by molar-refractivity contribution is -0.125. The summed E-state index contributed by atoms with van der Waals surface area (Å²) in [5, 5.41) is 19.7. The first-order chi connectivity index (χ1) is 10.6. The molecule has 2 rings (SSSR count). The minimum atomic E-state index is -0.788. The molecule has 2 N–H and O–H groups in total. The Morgan fingerprint density at radius 3 is 2.86 bits per heavy atom. The van der Waals surface area contributed by atoms with Crippen molar-refractivity contribution in [3.8, 4) is 0 Å². The van der Waals surface area contributed by atoms with Gasteiger partial charge in [-0.2, -0.15) is 0 Å². The molecule has 1 aliphatic rings. The fourth-order valence-electron chi connectivity index (χ4n) is 2.35. The monoisotopic (exact) mass is 322 g/mol. The van der Waals surface area contributed by atoms with Crippen LogP contribution in [0.2, 0.25) is 0 Å². The quantitative estimate of drug-likeness (QED) is 0.644. The van der Waals surface area contributed by atoms with E-state index in [-0.39, 0.29) is 5.12 Å². The van der Waals surface area contributed by atoms with Crippen molar-refractivity contribution < 1.29 is 19.7 Å². The van der Waals surface area contributed by atoms with E-state index >= 15 is 0 Å². The number of aryl methyl sites for hydroxylation is 1. The molecule has 1 fully saturated rings. The average Bonchev–Trinajstić information content (AvgIpc) is 2.50. The third-order valence-electron chi connectivity index (χ3n) is 3.58. The maximum atomic E-state index is 11.8. The highest BCUT2D eigenvalue weighted by atomic mass is 32.2. The van der Waals surface area contributed by atoms with E-state index in [2.05, 4.69) is 0 Å². The normalized spacial score (nSPS) is 23.6. The number of carbonyl (C=O) groups excluding carboxylic acids is 1. The SMILES string of the molecule is Cc1ccc(SC(=O)/C=C/C[C@@H](O)[C@H]2OCCC[C@@H]2O)cc1. The molecule has 22 heavy (non-hydrogen) atoms. The van der Waals surface area contributed by atoms with Crippen LogP contribution in [0, 0.1) is 6.92 Å². The van der Waals surface area contributed by atoms with Gasteiger partial charge in [0.05, 0.1) is 12.2 Å². The molecule has 1 heterocycles. The number of hydrogen-bond acceptors (Lipinski definition) is 5. The molecule has 1 aromatic rings. The number of aliphatic hydroxyl groups excluding tert-OH is 2.